The van der Waals surface area contributed by atoms with Gasteiger partial charge in [0.1, 0.15) is 5.75 Å². The van der Waals surface area contributed by atoms with Crippen LogP contribution in [0.2, 0.25) is 0 Å². The third kappa shape index (κ3) is 3.70. The van der Waals surface area contributed by atoms with E-state index in [2.05, 4.69) is 20.0 Å². The lowest BCUT2D eigenvalue weighted by Crippen LogP contribution is -2.34. The van der Waals surface area contributed by atoms with E-state index in [0.29, 0.717) is 12.3 Å². The summed E-state index contributed by atoms with van der Waals surface area (Å²) in [6, 6.07) is 7.57. The van der Waals surface area contributed by atoms with Crippen LogP contribution in [0.5, 0.6) is 5.75 Å². The number of hydrogen-bond donors (Lipinski definition) is 2. The van der Waals surface area contributed by atoms with Crippen molar-refractivity contribution in [1.29, 1.82) is 0 Å². The number of H-pyrrole nitrogens is 1. The second kappa shape index (κ2) is 7.24. The maximum Gasteiger partial charge on any atom is 0.341 e. The van der Waals surface area contributed by atoms with Gasteiger partial charge < -0.3 is 14.8 Å². The quantitative estimate of drug-likeness (QED) is 0.689. The molecule has 3 aromatic rings. The number of rotatable bonds is 6. The number of carboxylic acids is 1. The summed E-state index contributed by atoms with van der Waals surface area (Å²) >= 11 is 0. The molecule has 8 nitrogen and oxygen atoms in total. The SMILES string of the molecule is Cn1cc(C2CN(Cc3ccccc3OCC(=O)O)Cc3[nH]cnc32)cn1. The number of benzene rings is 1. The number of ether oxygens (including phenoxy) is 1. The molecule has 8 heteroatoms. The second-order valence-electron chi connectivity index (χ2n) is 6.73. The fraction of sp³-hybridized carbons (Fsp3) is 0.316. The molecule has 2 N–H and O–H groups in total. The third-order valence-corrected chi connectivity index (χ3v) is 4.75. The molecule has 1 aliphatic heterocycles. The number of aryl methyl sites for hydroxylation is 1. The van der Waals surface area contributed by atoms with Gasteiger partial charge in [0.05, 0.1) is 23.9 Å². The number of aromatic amines is 1. The molecule has 0 spiro atoms. The molecule has 1 aromatic carbocycles. The Labute approximate surface area is 156 Å². The summed E-state index contributed by atoms with van der Waals surface area (Å²) in [5, 5.41) is 13.2. The summed E-state index contributed by atoms with van der Waals surface area (Å²) in [5.41, 5.74) is 4.26. The van der Waals surface area contributed by atoms with Crippen molar-refractivity contribution in [2.24, 2.45) is 7.05 Å². The number of carboxylic acid groups (broad SMARTS) is 1. The van der Waals surface area contributed by atoms with Gasteiger partial charge in [-0.25, -0.2) is 9.78 Å². The zero-order valence-corrected chi connectivity index (χ0v) is 15.0. The van der Waals surface area contributed by atoms with E-state index in [1.54, 1.807) is 11.0 Å². The molecule has 140 valence electrons. The summed E-state index contributed by atoms with van der Waals surface area (Å²) in [6.45, 7) is 1.86. The van der Waals surface area contributed by atoms with E-state index >= 15 is 0 Å². The van der Waals surface area contributed by atoms with Gasteiger partial charge >= 0.3 is 5.97 Å². The van der Waals surface area contributed by atoms with E-state index in [9.17, 15) is 4.79 Å². The number of fused-ring (bicyclic) bond motifs is 1. The van der Waals surface area contributed by atoms with Crippen molar-refractivity contribution in [3.63, 3.8) is 0 Å². The molecular weight excluding hydrogens is 346 g/mol. The van der Waals surface area contributed by atoms with E-state index in [-0.39, 0.29) is 12.5 Å². The molecule has 0 amide bonds. The Morgan fingerprint density at radius 1 is 1.41 bits per heavy atom. The number of para-hydroxylation sites is 1. The molecule has 3 heterocycles. The zero-order valence-electron chi connectivity index (χ0n) is 15.0. The summed E-state index contributed by atoms with van der Waals surface area (Å²) in [7, 11) is 1.91. The summed E-state index contributed by atoms with van der Waals surface area (Å²) in [4.78, 5) is 20.9. The molecule has 1 aliphatic rings. The molecule has 1 unspecified atom stereocenters. The molecule has 0 saturated heterocycles. The van der Waals surface area contributed by atoms with Gasteiger partial charge in [0.25, 0.3) is 0 Å². The Bertz CT molecular complexity index is 948. The highest BCUT2D eigenvalue weighted by atomic mass is 16.5. The highest BCUT2D eigenvalue weighted by Crippen LogP contribution is 2.32. The van der Waals surface area contributed by atoms with Crippen LogP contribution in [0.1, 0.15) is 28.4 Å². The van der Waals surface area contributed by atoms with Gasteiger partial charge in [0.2, 0.25) is 0 Å². The van der Waals surface area contributed by atoms with Crippen LogP contribution in [-0.4, -0.2) is 48.9 Å². The fourth-order valence-corrected chi connectivity index (χ4v) is 3.55. The van der Waals surface area contributed by atoms with E-state index in [1.165, 1.54) is 0 Å². The Kier molecular flexibility index (Phi) is 4.64. The second-order valence-corrected chi connectivity index (χ2v) is 6.73. The normalized spacial score (nSPS) is 16.9. The molecule has 4 rings (SSSR count). The first-order valence-electron chi connectivity index (χ1n) is 8.75. The van der Waals surface area contributed by atoms with E-state index in [4.69, 9.17) is 9.84 Å². The number of aromatic nitrogens is 4. The Morgan fingerprint density at radius 2 is 2.26 bits per heavy atom. The zero-order chi connectivity index (χ0) is 18.8. The predicted molar refractivity (Wildman–Crippen MR) is 97.3 cm³/mol. The molecule has 0 fully saturated rings. The molecular formula is C19H21N5O3. The van der Waals surface area contributed by atoms with Crippen LogP contribution in [0.3, 0.4) is 0 Å². The lowest BCUT2D eigenvalue weighted by molar-refractivity contribution is -0.139. The van der Waals surface area contributed by atoms with E-state index in [1.807, 2.05) is 43.7 Å². The van der Waals surface area contributed by atoms with Crippen molar-refractivity contribution in [3.05, 3.63) is 65.5 Å². The first kappa shape index (κ1) is 17.3. The lowest BCUT2D eigenvalue weighted by Gasteiger charge is -2.32. The highest BCUT2D eigenvalue weighted by molar-refractivity contribution is 5.68. The smallest absolute Gasteiger partial charge is 0.341 e. The Balaban J connectivity index is 1.56. The van der Waals surface area contributed by atoms with Gasteiger partial charge in [-0.15, -0.1) is 0 Å². The van der Waals surface area contributed by atoms with Crippen molar-refractivity contribution in [1.82, 2.24) is 24.6 Å². The Morgan fingerprint density at radius 3 is 3.04 bits per heavy atom. The average molecular weight is 367 g/mol. The number of imidazole rings is 1. The van der Waals surface area contributed by atoms with Gasteiger partial charge in [-0.05, 0) is 6.07 Å². The average Bonchev–Trinajstić information content (AvgIpc) is 3.29. The Hall–Kier alpha value is -3.13. The van der Waals surface area contributed by atoms with Gasteiger partial charge in [0.15, 0.2) is 6.61 Å². The molecule has 0 aliphatic carbocycles. The monoisotopic (exact) mass is 367 g/mol. The number of carbonyl (C=O) groups is 1. The van der Waals surface area contributed by atoms with Gasteiger partial charge in [0, 0.05) is 49.9 Å². The number of nitrogens with zero attached hydrogens (tertiary/aromatic N) is 4. The number of nitrogens with one attached hydrogen (secondary N) is 1. The summed E-state index contributed by atoms with van der Waals surface area (Å²) < 4.78 is 7.25. The minimum atomic E-state index is -0.985. The van der Waals surface area contributed by atoms with Crippen molar-refractivity contribution >= 4 is 5.97 Å². The fourth-order valence-electron chi connectivity index (χ4n) is 3.55. The minimum Gasteiger partial charge on any atom is -0.482 e. The third-order valence-electron chi connectivity index (χ3n) is 4.75. The van der Waals surface area contributed by atoms with Crippen LogP contribution >= 0.6 is 0 Å². The standard InChI is InChI=1S/C19H21N5O3/c1-23-7-14(6-22-23)15-9-24(10-16-19(15)21-12-20-16)8-13-4-2-3-5-17(13)27-11-18(25)26/h2-7,12,15H,8-11H2,1H3,(H,20,21)(H,25,26). The van der Waals surface area contributed by atoms with Crippen LogP contribution in [0, 0.1) is 0 Å². The maximum absolute atomic E-state index is 10.8. The van der Waals surface area contributed by atoms with Crippen LogP contribution in [0.15, 0.2) is 43.0 Å². The van der Waals surface area contributed by atoms with Gasteiger partial charge in [-0.2, -0.15) is 5.10 Å². The van der Waals surface area contributed by atoms with E-state index in [0.717, 1.165) is 35.6 Å². The van der Waals surface area contributed by atoms with Crippen molar-refractivity contribution < 1.29 is 14.6 Å². The predicted octanol–water partition coefficient (Wildman–Crippen LogP) is 1.75. The van der Waals surface area contributed by atoms with Crippen LogP contribution < -0.4 is 4.74 Å². The first-order valence-corrected chi connectivity index (χ1v) is 8.75. The highest BCUT2D eigenvalue weighted by Gasteiger charge is 2.30. The maximum atomic E-state index is 10.8. The topological polar surface area (TPSA) is 96.3 Å². The van der Waals surface area contributed by atoms with Crippen LogP contribution in [0.25, 0.3) is 0 Å². The number of aliphatic carboxylic acids is 1. The first-order chi connectivity index (χ1) is 13.1. The molecule has 0 saturated carbocycles. The molecule has 0 bridgehead atoms. The van der Waals surface area contributed by atoms with Gasteiger partial charge in [-0.1, -0.05) is 18.2 Å². The summed E-state index contributed by atoms with van der Waals surface area (Å²) in [5.74, 6) is -0.240. The largest absolute Gasteiger partial charge is 0.482 e. The van der Waals surface area contributed by atoms with Crippen molar-refractivity contribution in [2.45, 2.75) is 19.0 Å². The van der Waals surface area contributed by atoms with Crippen molar-refractivity contribution in [2.75, 3.05) is 13.2 Å². The molecule has 0 radical (unpaired) electrons. The van der Waals surface area contributed by atoms with Crippen LogP contribution in [-0.2, 0) is 24.9 Å². The summed E-state index contributed by atoms with van der Waals surface area (Å²) in [6.07, 6.45) is 5.65. The van der Waals surface area contributed by atoms with Gasteiger partial charge in [-0.3, -0.25) is 9.58 Å². The minimum absolute atomic E-state index is 0.140. The molecule has 2 aromatic heterocycles. The number of hydrogen-bond acceptors (Lipinski definition) is 5. The molecule has 1 atom stereocenters. The van der Waals surface area contributed by atoms with Crippen molar-refractivity contribution in [3.8, 4) is 5.75 Å². The van der Waals surface area contributed by atoms with E-state index < -0.39 is 5.97 Å². The van der Waals surface area contributed by atoms with Crippen LogP contribution in [0.4, 0.5) is 0 Å². The lowest BCUT2D eigenvalue weighted by atomic mass is 9.93. The molecule has 27 heavy (non-hydrogen) atoms.